The van der Waals surface area contributed by atoms with E-state index in [1.165, 1.54) is 24.6 Å². The van der Waals surface area contributed by atoms with Crippen LogP contribution >= 0.6 is 0 Å². The Morgan fingerprint density at radius 3 is 2.33 bits per heavy atom. The second kappa shape index (κ2) is 5.24. The molecule has 0 saturated carbocycles. The summed E-state index contributed by atoms with van der Waals surface area (Å²) in [5.74, 6) is 0.680. The van der Waals surface area contributed by atoms with Crippen molar-refractivity contribution in [1.82, 2.24) is 9.29 Å². The number of aromatic nitrogens is 1. The minimum absolute atomic E-state index is 0.0606. The van der Waals surface area contributed by atoms with Gasteiger partial charge in [0.15, 0.2) is 0 Å². The van der Waals surface area contributed by atoms with Gasteiger partial charge in [-0.3, -0.25) is 0 Å². The number of anilines is 1. The molecular formula is C12H21N3O2S. The summed E-state index contributed by atoms with van der Waals surface area (Å²) >= 11 is 0. The third-order valence-corrected chi connectivity index (χ3v) is 4.66. The first kappa shape index (κ1) is 14.9. The SMILES string of the molecule is CCC(C)(C)Nc1ccc(S(=O)(=O)N(C)C)cn1. The predicted octanol–water partition coefficient (Wildman–Crippen LogP) is 1.93. The van der Waals surface area contributed by atoms with Gasteiger partial charge in [0.2, 0.25) is 10.0 Å². The van der Waals surface area contributed by atoms with Gasteiger partial charge < -0.3 is 5.32 Å². The van der Waals surface area contributed by atoms with Crippen LogP contribution in [-0.4, -0.2) is 37.3 Å². The fourth-order valence-electron chi connectivity index (χ4n) is 1.25. The van der Waals surface area contributed by atoms with Crippen molar-refractivity contribution in [3.63, 3.8) is 0 Å². The zero-order valence-electron chi connectivity index (χ0n) is 11.6. The Morgan fingerprint density at radius 1 is 1.33 bits per heavy atom. The van der Waals surface area contributed by atoms with E-state index in [0.29, 0.717) is 5.82 Å². The van der Waals surface area contributed by atoms with Crippen LogP contribution in [0.2, 0.25) is 0 Å². The van der Waals surface area contributed by atoms with Gasteiger partial charge in [0.25, 0.3) is 0 Å². The Balaban J connectivity index is 2.94. The maximum absolute atomic E-state index is 11.9. The summed E-state index contributed by atoms with van der Waals surface area (Å²) in [5.41, 5.74) is -0.0606. The third-order valence-electron chi connectivity index (χ3n) is 2.87. The number of rotatable bonds is 5. The van der Waals surface area contributed by atoms with E-state index in [4.69, 9.17) is 0 Å². The fourth-order valence-corrected chi connectivity index (χ4v) is 2.10. The van der Waals surface area contributed by atoms with Gasteiger partial charge in [0, 0.05) is 25.8 Å². The van der Waals surface area contributed by atoms with E-state index in [-0.39, 0.29) is 10.4 Å². The van der Waals surface area contributed by atoms with Crippen LogP contribution in [0.25, 0.3) is 0 Å². The third kappa shape index (κ3) is 3.43. The fraction of sp³-hybridized carbons (Fsp3) is 0.583. The number of pyridine rings is 1. The molecule has 0 saturated heterocycles. The van der Waals surface area contributed by atoms with Gasteiger partial charge in [-0.25, -0.2) is 17.7 Å². The van der Waals surface area contributed by atoms with E-state index in [9.17, 15) is 8.42 Å². The first-order valence-electron chi connectivity index (χ1n) is 5.86. The van der Waals surface area contributed by atoms with Gasteiger partial charge in [-0.15, -0.1) is 0 Å². The topological polar surface area (TPSA) is 62.3 Å². The number of hydrogen-bond acceptors (Lipinski definition) is 4. The molecule has 18 heavy (non-hydrogen) atoms. The van der Waals surface area contributed by atoms with Crippen molar-refractivity contribution in [1.29, 1.82) is 0 Å². The molecule has 0 unspecified atom stereocenters. The summed E-state index contributed by atoms with van der Waals surface area (Å²) in [4.78, 5) is 4.34. The van der Waals surface area contributed by atoms with E-state index in [1.54, 1.807) is 12.1 Å². The van der Waals surface area contributed by atoms with Crippen LogP contribution in [0, 0.1) is 0 Å². The van der Waals surface area contributed by atoms with Crippen LogP contribution in [0.1, 0.15) is 27.2 Å². The highest BCUT2D eigenvalue weighted by Crippen LogP contribution is 2.18. The molecule has 0 fully saturated rings. The summed E-state index contributed by atoms with van der Waals surface area (Å²) in [6.07, 6.45) is 2.33. The van der Waals surface area contributed by atoms with Crippen molar-refractivity contribution in [3.8, 4) is 0 Å². The lowest BCUT2D eigenvalue weighted by Crippen LogP contribution is -2.30. The van der Waals surface area contributed by atoms with Crippen molar-refractivity contribution in [2.75, 3.05) is 19.4 Å². The Hall–Kier alpha value is -1.14. The van der Waals surface area contributed by atoms with Gasteiger partial charge >= 0.3 is 0 Å². The normalized spacial score (nSPS) is 12.8. The van der Waals surface area contributed by atoms with E-state index in [1.807, 2.05) is 0 Å². The molecule has 1 aromatic heterocycles. The molecule has 0 amide bonds. The highest BCUT2D eigenvalue weighted by molar-refractivity contribution is 7.89. The molecule has 5 nitrogen and oxygen atoms in total. The molecule has 1 N–H and O–H groups in total. The zero-order chi connectivity index (χ0) is 14.0. The van der Waals surface area contributed by atoms with Crippen molar-refractivity contribution in [2.45, 2.75) is 37.6 Å². The Kier molecular flexibility index (Phi) is 4.34. The molecule has 102 valence electrons. The monoisotopic (exact) mass is 271 g/mol. The van der Waals surface area contributed by atoms with Crippen molar-refractivity contribution in [2.24, 2.45) is 0 Å². The molecule has 0 radical (unpaired) electrons. The van der Waals surface area contributed by atoms with Crippen LogP contribution in [0.5, 0.6) is 0 Å². The molecule has 1 rings (SSSR count). The summed E-state index contributed by atoms with van der Waals surface area (Å²) in [7, 11) is -0.397. The first-order chi connectivity index (χ1) is 8.19. The largest absolute Gasteiger partial charge is 0.365 e. The molecule has 0 aliphatic carbocycles. The van der Waals surface area contributed by atoms with Gasteiger partial charge in [0.05, 0.1) is 0 Å². The number of sulfonamides is 1. The minimum atomic E-state index is -3.40. The molecule has 0 bridgehead atoms. The Morgan fingerprint density at radius 2 is 1.94 bits per heavy atom. The zero-order valence-corrected chi connectivity index (χ0v) is 12.4. The molecular weight excluding hydrogens is 250 g/mol. The molecule has 1 aromatic rings. The summed E-state index contributed by atoms with van der Waals surface area (Å²) in [6, 6.07) is 3.25. The molecule has 0 aliphatic heterocycles. The number of nitrogens with zero attached hydrogens (tertiary/aromatic N) is 2. The minimum Gasteiger partial charge on any atom is -0.365 e. The lowest BCUT2D eigenvalue weighted by molar-refractivity contribution is 0.520. The van der Waals surface area contributed by atoms with Gasteiger partial charge in [0.1, 0.15) is 10.7 Å². The Labute approximate surface area is 109 Å². The quantitative estimate of drug-likeness (QED) is 0.889. The predicted molar refractivity (Wildman–Crippen MR) is 73.1 cm³/mol. The molecule has 0 aromatic carbocycles. The number of hydrogen-bond donors (Lipinski definition) is 1. The second-order valence-electron chi connectivity index (χ2n) is 5.03. The average Bonchev–Trinajstić information content (AvgIpc) is 2.29. The van der Waals surface area contributed by atoms with E-state index >= 15 is 0 Å². The Bertz CT molecular complexity index is 493. The van der Waals surface area contributed by atoms with Crippen LogP contribution in [0.4, 0.5) is 5.82 Å². The molecule has 1 heterocycles. The first-order valence-corrected chi connectivity index (χ1v) is 7.30. The molecule has 6 heteroatoms. The van der Waals surface area contributed by atoms with Crippen molar-refractivity contribution < 1.29 is 8.42 Å². The molecule has 0 aliphatic rings. The lowest BCUT2D eigenvalue weighted by Gasteiger charge is -2.25. The maximum Gasteiger partial charge on any atom is 0.244 e. The standard InChI is InChI=1S/C12H21N3O2S/c1-6-12(2,3)14-11-8-7-10(9-13-11)18(16,17)15(4)5/h7-9H,6H2,1-5H3,(H,13,14). The van der Waals surface area contributed by atoms with E-state index < -0.39 is 10.0 Å². The smallest absolute Gasteiger partial charge is 0.244 e. The van der Waals surface area contributed by atoms with Gasteiger partial charge in [-0.1, -0.05) is 6.92 Å². The summed E-state index contributed by atoms with van der Waals surface area (Å²) in [5, 5.41) is 3.26. The lowest BCUT2D eigenvalue weighted by atomic mass is 10.0. The van der Waals surface area contributed by atoms with Crippen LogP contribution in [0.3, 0.4) is 0 Å². The summed E-state index contributed by atoms with van der Waals surface area (Å²) in [6.45, 7) is 6.22. The summed E-state index contributed by atoms with van der Waals surface area (Å²) < 4.78 is 24.9. The highest BCUT2D eigenvalue weighted by atomic mass is 32.2. The van der Waals surface area contributed by atoms with Crippen LogP contribution in [0.15, 0.2) is 23.2 Å². The average molecular weight is 271 g/mol. The van der Waals surface area contributed by atoms with Gasteiger partial charge in [-0.2, -0.15) is 0 Å². The van der Waals surface area contributed by atoms with E-state index in [0.717, 1.165) is 6.42 Å². The maximum atomic E-state index is 11.9. The highest BCUT2D eigenvalue weighted by Gasteiger charge is 2.19. The second-order valence-corrected chi connectivity index (χ2v) is 7.18. The molecule has 0 spiro atoms. The van der Waals surface area contributed by atoms with Crippen LogP contribution < -0.4 is 5.32 Å². The number of nitrogens with one attached hydrogen (secondary N) is 1. The van der Waals surface area contributed by atoms with Gasteiger partial charge in [-0.05, 0) is 32.4 Å². The van der Waals surface area contributed by atoms with Crippen molar-refractivity contribution in [3.05, 3.63) is 18.3 Å². The van der Waals surface area contributed by atoms with E-state index in [2.05, 4.69) is 31.1 Å². The van der Waals surface area contributed by atoms with Crippen molar-refractivity contribution >= 4 is 15.8 Å². The van der Waals surface area contributed by atoms with Crippen LogP contribution in [-0.2, 0) is 10.0 Å². The molecule has 0 atom stereocenters.